The van der Waals surface area contributed by atoms with Crippen molar-refractivity contribution in [3.63, 3.8) is 0 Å². The first-order valence-electron chi connectivity index (χ1n) is 6.65. The highest BCUT2D eigenvalue weighted by Crippen LogP contribution is 2.29. The van der Waals surface area contributed by atoms with Gasteiger partial charge in [0.2, 0.25) is 0 Å². The molecule has 21 heavy (non-hydrogen) atoms. The molecule has 0 fully saturated rings. The quantitative estimate of drug-likeness (QED) is 0.736. The van der Waals surface area contributed by atoms with Crippen molar-refractivity contribution >= 4 is 17.6 Å². The standard InChI is InChI=1S/C17H15N3S/c1-12-6-5-9-14(10-12)21-16-11-15(18)19-17(20-16)13-7-3-2-4-8-13/h2-11H,1H3,(H2,18,19,20). The van der Waals surface area contributed by atoms with Crippen LogP contribution in [0.5, 0.6) is 0 Å². The molecular formula is C17H15N3S. The van der Waals surface area contributed by atoms with Crippen molar-refractivity contribution in [3.05, 3.63) is 66.2 Å². The average Bonchev–Trinajstić information content (AvgIpc) is 2.47. The molecular weight excluding hydrogens is 278 g/mol. The lowest BCUT2D eigenvalue weighted by molar-refractivity contribution is 1.06. The Morgan fingerprint density at radius 1 is 0.905 bits per heavy atom. The number of hydrogen-bond acceptors (Lipinski definition) is 4. The van der Waals surface area contributed by atoms with E-state index in [1.807, 2.05) is 36.4 Å². The largest absolute Gasteiger partial charge is 0.384 e. The van der Waals surface area contributed by atoms with E-state index < -0.39 is 0 Å². The second-order valence-electron chi connectivity index (χ2n) is 4.74. The molecule has 0 bridgehead atoms. The number of anilines is 1. The van der Waals surface area contributed by atoms with Crippen LogP contribution in [-0.2, 0) is 0 Å². The predicted octanol–water partition coefficient (Wildman–Crippen LogP) is 4.19. The van der Waals surface area contributed by atoms with Gasteiger partial charge in [-0.25, -0.2) is 9.97 Å². The topological polar surface area (TPSA) is 51.8 Å². The summed E-state index contributed by atoms with van der Waals surface area (Å²) in [6, 6.07) is 20.0. The van der Waals surface area contributed by atoms with E-state index in [1.54, 1.807) is 17.8 Å². The summed E-state index contributed by atoms with van der Waals surface area (Å²) < 4.78 is 0. The van der Waals surface area contributed by atoms with Crippen LogP contribution < -0.4 is 5.73 Å². The highest BCUT2D eigenvalue weighted by Gasteiger charge is 2.06. The SMILES string of the molecule is Cc1cccc(Sc2cc(N)nc(-c3ccccc3)n2)c1. The number of nitrogens with zero attached hydrogens (tertiary/aromatic N) is 2. The molecule has 2 aromatic carbocycles. The van der Waals surface area contributed by atoms with Crippen LogP contribution in [0.3, 0.4) is 0 Å². The Morgan fingerprint density at radius 3 is 2.48 bits per heavy atom. The molecule has 0 saturated carbocycles. The lowest BCUT2D eigenvalue weighted by atomic mass is 10.2. The number of aryl methyl sites for hydroxylation is 1. The molecule has 0 aliphatic carbocycles. The van der Waals surface area contributed by atoms with Crippen LogP contribution in [-0.4, -0.2) is 9.97 Å². The summed E-state index contributed by atoms with van der Waals surface area (Å²) in [5, 5.41) is 0.854. The number of aromatic nitrogens is 2. The van der Waals surface area contributed by atoms with Gasteiger partial charge in [0, 0.05) is 16.5 Å². The van der Waals surface area contributed by atoms with Crippen LogP contribution in [0.25, 0.3) is 11.4 Å². The maximum Gasteiger partial charge on any atom is 0.162 e. The average molecular weight is 293 g/mol. The number of nitrogens with two attached hydrogens (primary N) is 1. The monoisotopic (exact) mass is 293 g/mol. The molecule has 3 rings (SSSR count). The molecule has 4 heteroatoms. The van der Waals surface area contributed by atoms with Crippen LogP contribution in [0.4, 0.5) is 5.82 Å². The summed E-state index contributed by atoms with van der Waals surface area (Å²) in [4.78, 5) is 10.1. The fourth-order valence-corrected chi connectivity index (χ4v) is 2.96. The number of hydrogen-bond donors (Lipinski definition) is 1. The Balaban J connectivity index is 1.95. The summed E-state index contributed by atoms with van der Waals surface area (Å²) >= 11 is 1.59. The second-order valence-corrected chi connectivity index (χ2v) is 5.83. The van der Waals surface area contributed by atoms with E-state index in [-0.39, 0.29) is 0 Å². The zero-order valence-corrected chi connectivity index (χ0v) is 12.5. The van der Waals surface area contributed by atoms with Gasteiger partial charge in [-0.2, -0.15) is 0 Å². The lowest BCUT2D eigenvalue weighted by Gasteiger charge is -2.06. The van der Waals surface area contributed by atoms with Crippen LogP contribution in [0, 0.1) is 6.92 Å². The first-order valence-corrected chi connectivity index (χ1v) is 7.47. The van der Waals surface area contributed by atoms with Crippen LogP contribution in [0.1, 0.15) is 5.56 Å². The van der Waals surface area contributed by atoms with Crippen molar-refractivity contribution in [1.29, 1.82) is 0 Å². The Hall–Kier alpha value is -2.33. The van der Waals surface area contributed by atoms with E-state index in [0.29, 0.717) is 11.6 Å². The maximum absolute atomic E-state index is 5.92. The third-order valence-electron chi connectivity index (χ3n) is 2.97. The van der Waals surface area contributed by atoms with Gasteiger partial charge in [-0.05, 0) is 19.1 Å². The molecule has 0 aliphatic heterocycles. The zero-order chi connectivity index (χ0) is 14.7. The summed E-state index contributed by atoms with van der Waals surface area (Å²) in [6.07, 6.45) is 0. The van der Waals surface area contributed by atoms with E-state index in [9.17, 15) is 0 Å². The van der Waals surface area contributed by atoms with Crippen molar-refractivity contribution < 1.29 is 0 Å². The molecule has 0 radical (unpaired) electrons. The molecule has 0 unspecified atom stereocenters. The minimum Gasteiger partial charge on any atom is -0.384 e. The normalized spacial score (nSPS) is 10.5. The Labute approximate surface area is 128 Å². The highest BCUT2D eigenvalue weighted by atomic mass is 32.2. The number of rotatable bonds is 3. The Kier molecular flexibility index (Phi) is 3.88. The second kappa shape index (κ2) is 5.97. The van der Waals surface area contributed by atoms with Crippen LogP contribution >= 0.6 is 11.8 Å². The molecule has 3 aromatic rings. The molecule has 2 N–H and O–H groups in total. The van der Waals surface area contributed by atoms with Gasteiger partial charge in [-0.15, -0.1) is 0 Å². The van der Waals surface area contributed by atoms with E-state index in [4.69, 9.17) is 5.73 Å². The van der Waals surface area contributed by atoms with Gasteiger partial charge in [0.05, 0.1) is 0 Å². The molecule has 0 aliphatic rings. The van der Waals surface area contributed by atoms with Crippen molar-refractivity contribution in [1.82, 2.24) is 9.97 Å². The van der Waals surface area contributed by atoms with Crippen LogP contribution in [0.2, 0.25) is 0 Å². The van der Waals surface area contributed by atoms with Crippen molar-refractivity contribution in [2.75, 3.05) is 5.73 Å². The van der Waals surface area contributed by atoms with Gasteiger partial charge in [0.15, 0.2) is 5.82 Å². The molecule has 104 valence electrons. The highest BCUT2D eigenvalue weighted by molar-refractivity contribution is 7.99. The minimum absolute atomic E-state index is 0.485. The summed E-state index contributed by atoms with van der Waals surface area (Å²) in [7, 11) is 0. The van der Waals surface area contributed by atoms with Gasteiger partial charge < -0.3 is 5.73 Å². The van der Waals surface area contributed by atoms with Gasteiger partial charge >= 0.3 is 0 Å². The fraction of sp³-hybridized carbons (Fsp3) is 0.0588. The first kappa shape index (κ1) is 13.6. The maximum atomic E-state index is 5.92. The first-order chi connectivity index (χ1) is 10.2. The van der Waals surface area contributed by atoms with E-state index in [0.717, 1.165) is 15.5 Å². The van der Waals surface area contributed by atoms with E-state index >= 15 is 0 Å². The van der Waals surface area contributed by atoms with E-state index in [1.165, 1.54) is 5.56 Å². The summed E-state index contributed by atoms with van der Waals surface area (Å²) in [6.45, 7) is 2.08. The summed E-state index contributed by atoms with van der Waals surface area (Å²) in [5.41, 5.74) is 8.11. The molecule has 0 atom stereocenters. The van der Waals surface area contributed by atoms with Crippen LogP contribution in [0.15, 0.2) is 70.6 Å². The third kappa shape index (κ3) is 3.41. The fourth-order valence-electron chi connectivity index (χ4n) is 2.01. The number of benzene rings is 2. The molecule has 1 aromatic heterocycles. The lowest BCUT2D eigenvalue weighted by Crippen LogP contribution is -1.97. The summed E-state index contributed by atoms with van der Waals surface area (Å²) in [5.74, 6) is 1.14. The van der Waals surface area contributed by atoms with Crippen molar-refractivity contribution in [2.24, 2.45) is 0 Å². The van der Waals surface area contributed by atoms with Gasteiger partial charge in [-0.1, -0.05) is 59.8 Å². The van der Waals surface area contributed by atoms with Crippen molar-refractivity contribution in [3.8, 4) is 11.4 Å². The van der Waals surface area contributed by atoms with Gasteiger partial charge in [0.25, 0.3) is 0 Å². The van der Waals surface area contributed by atoms with Gasteiger partial charge in [-0.3, -0.25) is 0 Å². The predicted molar refractivity (Wildman–Crippen MR) is 87.2 cm³/mol. The van der Waals surface area contributed by atoms with Gasteiger partial charge in [0.1, 0.15) is 10.8 Å². The molecule has 0 saturated heterocycles. The molecule has 3 nitrogen and oxygen atoms in total. The third-order valence-corrected chi connectivity index (χ3v) is 3.87. The van der Waals surface area contributed by atoms with Crippen molar-refractivity contribution in [2.45, 2.75) is 16.8 Å². The molecule has 1 heterocycles. The minimum atomic E-state index is 0.485. The number of nitrogen functional groups attached to an aromatic ring is 1. The van der Waals surface area contributed by atoms with E-state index in [2.05, 4.69) is 35.1 Å². The Bertz CT molecular complexity index is 757. The Morgan fingerprint density at radius 2 is 1.71 bits per heavy atom. The smallest absolute Gasteiger partial charge is 0.162 e. The zero-order valence-electron chi connectivity index (χ0n) is 11.7. The molecule has 0 spiro atoms. The molecule has 0 amide bonds.